The normalized spacial score (nSPS) is 18.1. The van der Waals surface area contributed by atoms with Gasteiger partial charge in [-0.2, -0.15) is 0 Å². The van der Waals surface area contributed by atoms with Gasteiger partial charge in [0.2, 0.25) is 0 Å². The number of imide groups is 1. The molecule has 1 saturated heterocycles. The van der Waals surface area contributed by atoms with Gasteiger partial charge < -0.3 is 10.1 Å². The molecule has 164 valence electrons. The lowest BCUT2D eigenvalue weighted by atomic mass is 9.90. The van der Waals surface area contributed by atoms with Gasteiger partial charge in [-0.15, -0.1) is 0 Å². The highest BCUT2D eigenvalue weighted by Gasteiger charge is 2.49. The van der Waals surface area contributed by atoms with E-state index in [0.29, 0.717) is 11.1 Å². The van der Waals surface area contributed by atoms with Crippen molar-refractivity contribution < 1.29 is 19.1 Å². The highest BCUT2D eigenvalue weighted by Crippen LogP contribution is 2.32. The number of Topliss-reactive ketones (excluding diaryl/α,β-unsaturated/α-hetero) is 1. The average molecular weight is 438 g/mol. The lowest BCUT2D eigenvalue weighted by Gasteiger charge is -2.22. The van der Waals surface area contributed by atoms with E-state index < -0.39 is 17.5 Å². The minimum atomic E-state index is -1.26. The van der Waals surface area contributed by atoms with Crippen molar-refractivity contribution in [1.82, 2.24) is 10.2 Å². The molecule has 1 atom stereocenters. The second-order valence-corrected chi connectivity index (χ2v) is 8.32. The number of carbonyl (C=O) groups is 3. The van der Waals surface area contributed by atoms with Crippen LogP contribution in [0.1, 0.15) is 22.8 Å². The summed E-state index contributed by atoms with van der Waals surface area (Å²) in [7, 11) is 1.61. The van der Waals surface area contributed by atoms with Gasteiger partial charge in [-0.1, -0.05) is 60.7 Å². The Labute approximate surface area is 190 Å². The predicted molar refractivity (Wildman–Crippen MR) is 126 cm³/mol. The number of hydrogen-bond acceptors (Lipinski definition) is 4. The van der Waals surface area contributed by atoms with E-state index in [-0.39, 0.29) is 12.3 Å². The Morgan fingerprint density at radius 3 is 2.45 bits per heavy atom. The van der Waals surface area contributed by atoms with Gasteiger partial charge in [0.25, 0.3) is 5.91 Å². The van der Waals surface area contributed by atoms with E-state index in [1.807, 2.05) is 66.7 Å². The second-order valence-electron chi connectivity index (χ2n) is 8.32. The zero-order valence-corrected chi connectivity index (χ0v) is 18.3. The molecule has 1 fully saturated rings. The topological polar surface area (TPSA) is 75.7 Å². The van der Waals surface area contributed by atoms with Gasteiger partial charge in [-0.25, -0.2) is 4.79 Å². The molecule has 0 radical (unpaired) electrons. The molecule has 0 saturated carbocycles. The maximum Gasteiger partial charge on any atom is 0.325 e. The first-order valence-corrected chi connectivity index (χ1v) is 10.6. The van der Waals surface area contributed by atoms with Crippen molar-refractivity contribution in [3.8, 4) is 5.75 Å². The van der Waals surface area contributed by atoms with Crippen LogP contribution in [0.3, 0.4) is 0 Å². The predicted octanol–water partition coefficient (Wildman–Crippen LogP) is 4.65. The highest BCUT2D eigenvalue weighted by atomic mass is 16.5. The number of ether oxygens (including phenoxy) is 1. The van der Waals surface area contributed by atoms with E-state index in [2.05, 4.69) is 5.32 Å². The summed E-state index contributed by atoms with van der Waals surface area (Å²) < 4.78 is 5.27. The Kier molecular flexibility index (Phi) is 4.86. The molecule has 1 N–H and O–H groups in total. The summed E-state index contributed by atoms with van der Waals surface area (Å²) in [6, 6.07) is 23.7. The molecule has 4 aromatic carbocycles. The fourth-order valence-electron chi connectivity index (χ4n) is 4.40. The minimum absolute atomic E-state index is 0.287. The number of benzene rings is 4. The summed E-state index contributed by atoms with van der Waals surface area (Å²) in [5, 5.41) is 6.39. The number of ketones is 1. The van der Waals surface area contributed by atoms with Crippen molar-refractivity contribution in [2.24, 2.45) is 0 Å². The zero-order chi connectivity index (χ0) is 23.2. The maximum absolute atomic E-state index is 13.4. The van der Waals surface area contributed by atoms with E-state index in [4.69, 9.17) is 4.74 Å². The number of amides is 3. The Balaban J connectivity index is 1.44. The van der Waals surface area contributed by atoms with Gasteiger partial charge in [0.1, 0.15) is 11.3 Å². The first-order valence-electron chi connectivity index (χ1n) is 10.6. The van der Waals surface area contributed by atoms with Gasteiger partial charge >= 0.3 is 6.03 Å². The van der Waals surface area contributed by atoms with Crippen LogP contribution in [0.4, 0.5) is 4.79 Å². The Morgan fingerprint density at radius 1 is 0.909 bits per heavy atom. The molecule has 0 bridgehead atoms. The van der Waals surface area contributed by atoms with Crippen LogP contribution in [-0.2, 0) is 10.3 Å². The van der Waals surface area contributed by atoms with Crippen molar-refractivity contribution in [2.45, 2.75) is 12.5 Å². The number of hydrogen-bond donors (Lipinski definition) is 1. The van der Waals surface area contributed by atoms with Gasteiger partial charge in [-0.3, -0.25) is 14.5 Å². The number of nitrogens with zero attached hydrogens (tertiary/aromatic N) is 1. The Bertz CT molecular complexity index is 1440. The summed E-state index contributed by atoms with van der Waals surface area (Å²) in [4.78, 5) is 40.3. The van der Waals surface area contributed by atoms with Gasteiger partial charge in [0, 0.05) is 5.56 Å². The molecule has 3 amide bonds. The Morgan fingerprint density at radius 2 is 1.64 bits per heavy atom. The van der Waals surface area contributed by atoms with Gasteiger partial charge in [-0.05, 0) is 52.2 Å². The molecule has 6 nitrogen and oxygen atoms in total. The number of methoxy groups -OCH3 is 1. The number of fused-ring (bicyclic) bond motifs is 2. The molecule has 0 aromatic heterocycles. The van der Waals surface area contributed by atoms with Crippen LogP contribution >= 0.6 is 0 Å². The lowest BCUT2D eigenvalue weighted by molar-refractivity contribution is -0.130. The molecular formula is C27H22N2O4. The van der Waals surface area contributed by atoms with Crippen LogP contribution in [0.25, 0.3) is 21.5 Å². The first-order chi connectivity index (χ1) is 15.9. The van der Waals surface area contributed by atoms with Crippen molar-refractivity contribution in [3.63, 3.8) is 0 Å². The molecule has 5 rings (SSSR count). The summed E-state index contributed by atoms with van der Waals surface area (Å²) in [6.45, 7) is 1.35. The molecule has 33 heavy (non-hydrogen) atoms. The summed E-state index contributed by atoms with van der Waals surface area (Å²) >= 11 is 0. The molecule has 1 aliphatic rings. The van der Waals surface area contributed by atoms with Gasteiger partial charge in [0.15, 0.2) is 5.78 Å². The van der Waals surface area contributed by atoms with Crippen LogP contribution in [-0.4, -0.2) is 36.3 Å². The van der Waals surface area contributed by atoms with Crippen LogP contribution < -0.4 is 10.1 Å². The molecular weight excluding hydrogens is 416 g/mol. The summed E-state index contributed by atoms with van der Waals surface area (Å²) in [6.07, 6.45) is 0. The molecule has 4 aromatic rings. The van der Waals surface area contributed by atoms with E-state index >= 15 is 0 Å². The third-order valence-electron chi connectivity index (χ3n) is 6.29. The molecule has 6 heteroatoms. The molecule has 0 spiro atoms. The largest absolute Gasteiger partial charge is 0.497 e. The second kappa shape index (κ2) is 7.74. The quantitative estimate of drug-likeness (QED) is 0.364. The SMILES string of the molecule is COc1ccc2cc([C@]3(C)NC(=O)N(CC(=O)c4cccc5ccccc45)C3=O)ccc2c1. The van der Waals surface area contributed by atoms with E-state index in [0.717, 1.165) is 32.2 Å². The fraction of sp³-hybridized carbons (Fsp3) is 0.148. The van der Waals surface area contributed by atoms with Crippen molar-refractivity contribution in [2.75, 3.05) is 13.7 Å². The fourth-order valence-corrected chi connectivity index (χ4v) is 4.40. The molecule has 0 unspecified atom stereocenters. The summed E-state index contributed by atoms with van der Waals surface area (Å²) in [5.74, 6) is 0.00364. The van der Waals surface area contributed by atoms with Crippen LogP contribution in [0, 0.1) is 0 Å². The average Bonchev–Trinajstić information content (AvgIpc) is 3.06. The third kappa shape index (κ3) is 3.40. The van der Waals surface area contributed by atoms with Crippen LogP contribution in [0.15, 0.2) is 78.9 Å². The van der Waals surface area contributed by atoms with Crippen molar-refractivity contribution in [3.05, 3.63) is 90.0 Å². The zero-order valence-electron chi connectivity index (χ0n) is 18.3. The highest BCUT2D eigenvalue weighted by molar-refractivity contribution is 6.14. The monoisotopic (exact) mass is 438 g/mol. The minimum Gasteiger partial charge on any atom is -0.497 e. The molecule has 1 heterocycles. The standard InChI is InChI=1S/C27H22N2O4/c1-27(20-12-10-19-15-21(33-2)13-11-18(19)14-20)25(31)29(26(32)28-27)16-24(30)23-9-5-7-17-6-3-4-8-22(17)23/h3-15H,16H2,1-2H3,(H,28,32)/t27-/m0/s1. The lowest BCUT2D eigenvalue weighted by Crippen LogP contribution is -2.41. The maximum atomic E-state index is 13.4. The number of urea groups is 1. The molecule has 1 aliphatic heterocycles. The summed E-state index contributed by atoms with van der Waals surface area (Å²) in [5.41, 5.74) is -0.120. The number of nitrogens with one attached hydrogen (secondary N) is 1. The van der Waals surface area contributed by atoms with Crippen LogP contribution in [0.5, 0.6) is 5.75 Å². The smallest absolute Gasteiger partial charge is 0.325 e. The molecule has 0 aliphatic carbocycles. The van der Waals surface area contributed by atoms with Gasteiger partial charge in [0.05, 0.1) is 13.7 Å². The van der Waals surface area contributed by atoms with E-state index in [1.54, 1.807) is 26.2 Å². The van der Waals surface area contributed by atoms with Crippen molar-refractivity contribution in [1.29, 1.82) is 0 Å². The van der Waals surface area contributed by atoms with Crippen molar-refractivity contribution >= 4 is 39.3 Å². The third-order valence-corrected chi connectivity index (χ3v) is 6.29. The van der Waals surface area contributed by atoms with E-state index in [9.17, 15) is 14.4 Å². The Hall–Kier alpha value is -4.19. The van der Waals surface area contributed by atoms with Crippen LogP contribution in [0.2, 0.25) is 0 Å². The van der Waals surface area contributed by atoms with E-state index in [1.165, 1.54) is 0 Å². The number of rotatable bonds is 5. The first kappa shape index (κ1) is 20.7. The number of carbonyl (C=O) groups excluding carboxylic acids is 3.